The van der Waals surface area contributed by atoms with E-state index in [9.17, 15) is 9.59 Å². The maximum Gasteiger partial charge on any atom is 0.311 e. The van der Waals surface area contributed by atoms with Crippen LogP contribution in [0, 0.1) is 6.92 Å². The Bertz CT molecular complexity index is 548. The van der Waals surface area contributed by atoms with Crippen molar-refractivity contribution in [2.75, 3.05) is 20.7 Å². The molecule has 5 nitrogen and oxygen atoms in total. The Labute approximate surface area is 131 Å². The molecule has 5 heteroatoms. The van der Waals surface area contributed by atoms with Gasteiger partial charge < -0.3 is 14.4 Å². The second kappa shape index (κ2) is 7.40. The van der Waals surface area contributed by atoms with Crippen LogP contribution in [-0.4, -0.2) is 43.6 Å². The lowest BCUT2D eigenvalue weighted by atomic mass is 10.1. The molecular formula is C17H23NO4. The highest BCUT2D eigenvalue weighted by Gasteiger charge is 2.18. The van der Waals surface area contributed by atoms with Crippen molar-refractivity contribution in [3.8, 4) is 5.75 Å². The lowest BCUT2D eigenvalue weighted by Crippen LogP contribution is -2.22. The van der Waals surface area contributed by atoms with E-state index in [1.54, 1.807) is 32.3 Å². The summed E-state index contributed by atoms with van der Waals surface area (Å²) in [7, 11) is 3.38. The number of esters is 1. The first-order valence-corrected chi connectivity index (χ1v) is 7.62. The molecule has 1 unspecified atom stereocenters. The maximum atomic E-state index is 12.0. The molecule has 120 valence electrons. The number of carbonyl (C=O) groups excluding carboxylic acids is 2. The molecule has 0 N–H and O–H groups in total. The molecule has 1 aliphatic heterocycles. The van der Waals surface area contributed by atoms with Crippen molar-refractivity contribution in [1.29, 1.82) is 0 Å². The molecule has 0 aromatic heterocycles. The summed E-state index contributed by atoms with van der Waals surface area (Å²) < 4.78 is 10.9. The SMILES string of the molecule is Cc1ccc(C(=O)N(C)C)cc1OC(=O)CCC1CCCO1. The third kappa shape index (κ3) is 4.31. The number of benzene rings is 1. The third-order valence-electron chi connectivity index (χ3n) is 3.76. The van der Waals surface area contributed by atoms with Crippen molar-refractivity contribution in [2.24, 2.45) is 0 Å². The van der Waals surface area contributed by atoms with Gasteiger partial charge in [-0.25, -0.2) is 0 Å². The van der Waals surface area contributed by atoms with Crippen LogP contribution in [0.2, 0.25) is 0 Å². The number of ether oxygens (including phenoxy) is 2. The molecular weight excluding hydrogens is 282 g/mol. The van der Waals surface area contributed by atoms with Gasteiger partial charge in [-0.3, -0.25) is 9.59 Å². The molecule has 2 rings (SSSR count). The van der Waals surface area contributed by atoms with Crippen molar-refractivity contribution in [3.05, 3.63) is 29.3 Å². The molecule has 1 fully saturated rings. The van der Waals surface area contributed by atoms with Crippen LogP contribution in [0.1, 0.15) is 41.6 Å². The second-order valence-electron chi connectivity index (χ2n) is 5.83. The monoisotopic (exact) mass is 305 g/mol. The Morgan fingerprint density at radius 2 is 2.14 bits per heavy atom. The fourth-order valence-electron chi connectivity index (χ4n) is 2.43. The van der Waals surface area contributed by atoms with Crippen LogP contribution >= 0.6 is 0 Å². The molecule has 1 atom stereocenters. The van der Waals surface area contributed by atoms with E-state index in [0.717, 1.165) is 25.0 Å². The molecule has 0 spiro atoms. The van der Waals surface area contributed by atoms with Crippen molar-refractivity contribution < 1.29 is 19.1 Å². The highest BCUT2D eigenvalue weighted by atomic mass is 16.5. The van der Waals surface area contributed by atoms with Crippen LogP contribution in [0.15, 0.2) is 18.2 Å². The molecule has 1 aliphatic rings. The molecule has 1 aromatic carbocycles. The Hall–Kier alpha value is -1.88. The normalized spacial score (nSPS) is 17.3. The zero-order chi connectivity index (χ0) is 16.1. The van der Waals surface area contributed by atoms with Gasteiger partial charge in [0.25, 0.3) is 5.91 Å². The Kier molecular flexibility index (Phi) is 5.55. The molecule has 0 radical (unpaired) electrons. The predicted octanol–water partition coefficient (Wildman–Crippen LogP) is 2.56. The van der Waals surface area contributed by atoms with Gasteiger partial charge >= 0.3 is 5.97 Å². The smallest absolute Gasteiger partial charge is 0.311 e. The van der Waals surface area contributed by atoms with Crippen LogP contribution in [0.5, 0.6) is 5.75 Å². The zero-order valence-electron chi connectivity index (χ0n) is 13.4. The summed E-state index contributed by atoms with van der Waals surface area (Å²) in [6.07, 6.45) is 3.27. The maximum absolute atomic E-state index is 12.0. The highest BCUT2D eigenvalue weighted by molar-refractivity contribution is 5.94. The van der Waals surface area contributed by atoms with Crippen molar-refractivity contribution in [3.63, 3.8) is 0 Å². The fraction of sp³-hybridized carbons (Fsp3) is 0.529. The lowest BCUT2D eigenvalue weighted by Gasteiger charge is -2.13. The fourth-order valence-corrected chi connectivity index (χ4v) is 2.43. The first kappa shape index (κ1) is 16.5. The molecule has 22 heavy (non-hydrogen) atoms. The van der Waals surface area contributed by atoms with Gasteiger partial charge in [0.1, 0.15) is 5.75 Å². The molecule has 1 heterocycles. The van der Waals surface area contributed by atoms with Crippen LogP contribution in [-0.2, 0) is 9.53 Å². The average molecular weight is 305 g/mol. The topological polar surface area (TPSA) is 55.8 Å². The van der Waals surface area contributed by atoms with Gasteiger partial charge in [0.2, 0.25) is 0 Å². The summed E-state index contributed by atoms with van der Waals surface area (Å²) in [4.78, 5) is 25.4. The number of aryl methyl sites for hydroxylation is 1. The second-order valence-corrected chi connectivity index (χ2v) is 5.83. The van der Waals surface area contributed by atoms with E-state index in [1.165, 1.54) is 4.90 Å². The minimum Gasteiger partial charge on any atom is -0.426 e. The first-order valence-electron chi connectivity index (χ1n) is 7.62. The molecule has 1 aromatic rings. The van der Waals surface area contributed by atoms with Gasteiger partial charge in [-0.15, -0.1) is 0 Å². The van der Waals surface area contributed by atoms with E-state index < -0.39 is 0 Å². The summed E-state index contributed by atoms with van der Waals surface area (Å²) in [6, 6.07) is 5.16. The van der Waals surface area contributed by atoms with Crippen LogP contribution in [0.4, 0.5) is 0 Å². The quantitative estimate of drug-likeness (QED) is 0.620. The summed E-state index contributed by atoms with van der Waals surface area (Å²) >= 11 is 0. The van der Waals surface area contributed by atoms with E-state index in [4.69, 9.17) is 9.47 Å². The zero-order valence-corrected chi connectivity index (χ0v) is 13.4. The summed E-state index contributed by atoms with van der Waals surface area (Å²) in [5, 5.41) is 0. The standard InChI is InChI=1S/C17H23NO4/c1-12-6-7-13(17(20)18(2)3)11-15(12)22-16(19)9-8-14-5-4-10-21-14/h6-7,11,14H,4-5,8-10H2,1-3H3. The van der Waals surface area contributed by atoms with E-state index in [0.29, 0.717) is 24.2 Å². The Morgan fingerprint density at radius 1 is 1.36 bits per heavy atom. The number of carbonyl (C=O) groups is 2. The highest BCUT2D eigenvalue weighted by Crippen LogP contribution is 2.22. The lowest BCUT2D eigenvalue weighted by molar-refractivity contribution is -0.135. The average Bonchev–Trinajstić information content (AvgIpc) is 3.00. The van der Waals surface area contributed by atoms with Gasteiger partial charge in [-0.05, 0) is 43.9 Å². The number of nitrogens with zero attached hydrogens (tertiary/aromatic N) is 1. The van der Waals surface area contributed by atoms with Crippen LogP contribution in [0.3, 0.4) is 0 Å². The summed E-state index contributed by atoms with van der Waals surface area (Å²) in [6.45, 7) is 2.64. The number of rotatable bonds is 5. The minimum absolute atomic E-state index is 0.114. The van der Waals surface area contributed by atoms with Gasteiger partial charge in [0, 0.05) is 32.7 Å². The van der Waals surface area contributed by atoms with Crippen LogP contribution < -0.4 is 4.74 Å². The molecule has 0 saturated carbocycles. The first-order chi connectivity index (χ1) is 10.5. The van der Waals surface area contributed by atoms with E-state index in [1.807, 2.05) is 6.92 Å². The van der Waals surface area contributed by atoms with E-state index in [2.05, 4.69) is 0 Å². The Morgan fingerprint density at radius 3 is 2.77 bits per heavy atom. The summed E-state index contributed by atoms with van der Waals surface area (Å²) in [5.41, 5.74) is 1.35. The van der Waals surface area contributed by atoms with E-state index in [-0.39, 0.29) is 18.0 Å². The third-order valence-corrected chi connectivity index (χ3v) is 3.76. The van der Waals surface area contributed by atoms with Crippen molar-refractivity contribution >= 4 is 11.9 Å². The Balaban J connectivity index is 1.97. The van der Waals surface area contributed by atoms with Gasteiger partial charge in [-0.1, -0.05) is 6.07 Å². The van der Waals surface area contributed by atoms with Crippen molar-refractivity contribution in [2.45, 2.75) is 38.7 Å². The van der Waals surface area contributed by atoms with Gasteiger partial charge in [-0.2, -0.15) is 0 Å². The molecule has 1 saturated heterocycles. The minimum atomic E-state index is -0.284. The van der Waals surface area contributed by atoms with Gasteiger partial charge in [0.05, 0.1) is 6.10 Å². The molecule has 0 aliphatic carbocycles. The van der Waals surface area contributed by atoms with E-state index >= 15 is 0 Å². The number of amides is 1. The number of hydrogen-bond donors (Lipinski definition) is 0. The molecule has 1 amide bonds. The largest absolute Gasteiger partial charge is 0.426 e. The molecule has 0 bridgehead atoms. The van der Waals surface area contributed by atoms with Gasteiger partial charge in [0.15, 0.2) is 0 Å². The van der Waals surface area contributed by atoms with Crippen LogP contribution in [0.25, 0.3) is 0 Å². The predicted molar refractivity (Wildman–Crippen MR) is 83.0 cm³/mol. The summed E-state index contributed by atoms with van der Waals surface area (Å²) in [5.74, 6) is 0.0507. The number of hydrogen-bond acceptors (Lipinski definition) is 4. The van der Waals surface area contributed by atoms with Crippen molar-refractivity contribution in [1.82, 2.24) is 4.90 Å².